The molecule has 0 aromatic heterocycles. The Morgan fingerprint density at radius 2 is 1.58 bits per heavy atom. The molecule has 0 saturated heterocycles. The quantitative estimate of drug-likeness (QED) is 0.559. The van der Waals surface area contributed by atoms with Crippen molar-refractivity contribution in [2.75, 3.05) is 5.01 Å². The van der Waals surface area contributed by atoms with Gasteiger partial charge in [-0.2, -0.15) is 5.10 Å². The summed E-state index contributed by atoms with van der Waals surface area (Å²) in [6.07, 6.45) is 2.18. The third kappa shape index (κ3) is 2.45. The molecular weight excluding hydrogens is 340 g/mol. The number of benzene rings is 3. The number of hydrazone groups is 1. The maximum atomic E-state index is 6.61. The Morgan fingerprint density at radius 3 is 2.42 bits per heavy atom. The molecule has 1 aliphatic heterocycles. The SMILES string of the molecule is Clc1ccccc1[C@@H]1[C@@H]2CCc3ccccc3C2=NN1c1ccccc1. The minimum atomic E-state index is 0.134. The van der Waals surface area contributed by atoms with Gasteiger partial charge in [0, 0.05) is 16.5 Å². The lowest BCUT2D eigenvalue weighted by molar-refractivity contribution is 0.510. The molecule has 5 rings (SSSR count). The molecule has 128 valence electrons. The van der Waals surface area contributed by atoms with Crippen molar-refractivity contribution in [1.29, 1.82) is 0 Å². The van der Waals surface area contributed by atoms with Gasteiger partial charge in [-0.05, 0) is 42.2 Å². The maximum absolute atomic E-state index is 6.61. The Labute approximate surface area is 158 Å². The highest BCUT2D eigenvalue weighted by molar-refractivity contribution is 6.31. The highest BCUT2D eigenvalue weighted by Crippen LogP contribution is 2.46. The smallest absolute Gasteiger partial charge is 0.0874 e. The fraction of sp³-hybridized carbons (Fsp3) is 0.174. The highest BCUT2D eigenvalue weighted by atomic mass is 35.5. The lowest BCUT2D eigenvalue weighted by atomic mass is 9.77. The topological polar surface area (TPSA) is 15.6 Å². The molecule has 3 heteroatoms. The van der Waals surface area contributed by atoms with E-state index in [1.165, 1.54) is 16.8 Å². The number of fused-ring (bicyclic) bond motifs is 3. The lowest BCUT2D eigenvalue weighted by Crippen LogP contribution is -2.29. The number of nitrogens with zero attached hydrogens (tertiary/aromatic N) is 2. The summed E-state index contributed by atoms with van der Waals surface area (Å²) >= 11 is 6.61. The number of hydrogen-bond acceptors (Lipinski definition) is 2. The molecule has 2 aliphatic rings. The van der Waals surface area contributed by atoms with Gasteiger partial charge in [0.05, 0.1) is 17.4 Å². The summed E-state index contributed by atoms with van der Waals surface area (Å²) in [7, 11) is 0. The second-order valence-corrected chi connectivity index (χ2v) is 7.34. The van der Waals surface area contributed by atoms with Crippen LogP contribution in [-0.2, 0) is 6.42 Å². The van der Waals surface area contributed by atoms with Crippen LogP contribution in [0.3, 0.4) is 0 Å². The van der Waals surface area contributed by atoms with E-state index in [0.717, 1.165) is 29.1 Å². The average Bonchev–Trinajstić information content (AvgIpc) is 3.09. The summed E-state index contributed by atoms with van der Waals surface area (Å²) in [5.41, 5.74) is 6.15. The molecule has 0 spiro atoms. The van der Waals surface area contributed by atoms with Crippen LogP contribution in [0.25, 0.3) is 0 Å². The van der Waals surface area contributed by atoms with Gasteiger partial charge < -0.3 is 0 Å². The van der Waals surface area contributed by atoms with Crippen LogP contribution in [0, 0.1) is 5.92 Å². The van der Waals surface area contributed by atoms with Crippen LogP contribution in [0.15, 0.2) is 84.0 Å². The van der Waals surface area contributed by atoms with E-state index in [9.17, 15) is 0 Å². The van der Waals surface area contributed by atoms with Crippen LogP contribution >= 0.6 is 11.6 Å². The van der Waals surface area contributed by atoms with E-state index in [1.807, 2.05) is 18.2 Å². The van der Waals surface area contributed by atoms with Gasteiger partial charge in [0.25, 0.3) is 0 Å². The molecule has 0 bridgehead atoms. The maximum Gasteiger partial charge on any atom is 0.0874 e. The zero-order valence-corrected chi connectivity index (χ0v) is 15.1. The molecule has 26 heavy (non-hydrogen) atoms. The van der Waals surface area contributed by atoms with Gasteiger partial charge in [-0.3, -0.25) is 5.01 Å². The summed E-state index contributed by atoms with van der Waals surface area (Å²) in [4.78, 5) is 0. The third-order valence-corrected chi connectivity index (χ3v) is 5.82. The number of aryl methyl sites for hydroxylation is 1. The van der Waals surface area contributed by atoms with Crippen molar-refractivity contribution in [3.63, 3.8) is 0 Å². The van der Waals surface area contributed by atoms with Crippen LogP contribution in [0.5, 0.6) is 0 Å². The van der Waals surface area contributed by atoms with Crippen LogP contribution in [-0.4, -0.2) is 5.71 Å². The lowest BCUT2D eigenvalue weighted by Gasteiger charge is -2.31. The van der Waals surface area contributed by atoms with Gasteiger partial charge in [0.2, 0.25) is 0 Å². The molecule has 0 saturated carbocycles. The molecule has 2 atom stereocenters. The molecular formula is C23H19ClN2. The zero-order valence-electron chi connectivity index (χ0n) is 14.3. The van der Waals surface area contributed by atoms with E-state index in [2.05, 4.69) is 65.7 Å². The van der Waals surface area contributed by atoms with E-state index < -0.39 is 0 Å². The number of anilines is 1. The number of rotatable bonds is 2. The monoisotopic (exact) mass is 358 g/mol. The summed E-state index contributed by atoms with van der Waals surface area (Å²) in [5, 5.41) is 8.10. The number of para-hydroxylation sites is 1. The van der Waals surface area contributed by atoms with Gasteiger partial charge >= 0.3 is 0 Å². The van der Waals surface area contributed by atoms with Crippen LogP contribution < -0.4 is 5.01 Å². The van der Waals surface area contributed by atoms with E-state index >= 15 is 0 Å². The third-order valence-electron chi connectivity index (χ3n) is 5.47. The average molecular weight is 359 g/mol. The summed E-state index contributed by atoms with van der Waals surface area (Å²) < 4.78 is 0. The number of hydrogen-bond donors (Lipinski definition) is 0. The van der Waals surface area contributed by atoms with Crippen LogP contribution in [0.2, 0.25) is 5.02 Å². The molecule has 1 aliphatic carbocycles. The molecule has 1 heterocycles. The molecule has 0 radical (unpaired) electrons. The molecule has 0 N–H and O–H groups in total. The first-order valence-corrected chi connectivity index (χ1v) is 9.46. The normalized spacial score (nSPS) is 21.1. The molecule has 2 nitrogen and oxygen atoms in total. The largest absolute Gasteiger partial charge is 0.257 e. The zero-order chi connectivity index (χ0) is 17.5. The van der Waals surface area contributed by atoms with Crippen molar-refractivity contribution < 1.29 is 0 Å². The fourth-order valence-corrected chi connectivity index (χ4v) is 4.53. The van der Waals surface area contributed by atoms with Gasteiger partial charge in [0.15, 0.2) is 0 Å². The van der Waals surface area contributed by atoms with Crippen LogP contribution in [0.1, 0.15) is 29.2 Å². The Kier molecular flexibility index (Phi) is 3.79. The minimum absolute atomic E-state index is 0.134. The number of halogens is 1. The second kappa shape index (κ2) is 6.30. The van der Waals surface area contributed by atoms with E-state index in [-0.39, 0.29) is 6.04 Å². The second-order valence-electron chi connectivity index (χ2n) is 6.93. The fourth-order valence-electron chi connectivity index (χ4n) is 4.28. The van der Waals surface area contributed by atoms with Crippen molar-refractivity contribution >= 4 is 23.0 Å². The highest BCUT2D eigenvalue weighted by Gasteiger charge is 2.42. The summed E-state index contributed by atoms with van der Waals surface area (Å²) in [6, 6.07) is 27.4. The van der Waals surface area contributed by atoms with Crippen molar-refractivity contribution in [2.24, 2.45) is 11.0 Å². The summed E-state index contributed by atoms with van der Waals surface area (Å²) in [6.45, 7) is 0. The van der Waals surface area contributed by atoms with Crippen molar-refractivity contribution in [2.45, 2.75) is 18.9 Å². The minimum Gasteiger partial charge on any atom is -0.257 e. The standard InChI is InChI=1S/C23H19ClN2/c24-21-13-7-6-12-19(21)23-20-15-14-16-8-4-5-11-18(16)22(20)25-26(23)17-9-2-1-3-10-17/h1-13,20,23H,14-15H2/t20-,23-/m1/s1. The Morgan fingerprint density at radius 1 is 0.846 bits per heavy atom. The van der Waals surface area contributed by atoms with E-state index in [0.29, 0.717) is 5.92 Å². The van der Waals surface area contributed by atoms with Crippen molar-refractivity contribution in [3.05, 3.63) is 101 Å². The molecule has 3 aromatic rings. The van der Waals surface area contributed by atoms with E-state index in [1.54, 1.807) is 0 Å². The first-order valence-electron chi connectivity index (χ1n) is 9.08. The molecule has 3 aromatic carbocycles. The molecule has 0 unspecified atom stereocenters. The first kappa shape index (κ1) is 15.7. The van der Waals surface area contributed by atoms with Gasteiger partial charge in [-0.25, -0.2) is 0 Å². The van der Waals surface area contributed by atoms with Crippen molar-refractivity contribution in [1.82, 2.24) is 0 Å². The predicted octanol–water partition coefficient (Wildman–Crippen LogP) is 5.87. The van der Waals surface area contributed by atoms with Crippen molar-refractivity contribution in [3.8, 4) is 0 Å². The molecule has 0 fully saturated rings. The Balaban J connectivity index is 1.68. The predicted molar refractivity (Wildman–Crippen MR) is 108 cm³/mol. The van der Waals surface area contributed by atoms with Crippen LogP contribution in [0.4, 0.5) is 5.69 Å². The van der Waals surface area contributed by atoms with Gasteiger partial charge in [-0.1, -0.05) is 72.3 Å². The molecule has 0 amide bonds. The van der Waals surface area contributed by atoms with Gasteiger partial charge in [0.1, 0.15) is 0 Å². The Bertz CT molecular complexity index is 980. The first-order chi connectivity index (χ1) is 12.8. The van der Waals surface area contributed by atoms with Gasteiger partial charge in [-0.15, -0.1) is 0 Å². The summed E-state index contributed by atoms with van der Waals surface area (Å²) in [5.74, 6) is 0.352. The Hall–Kier alpha value is -2.58. The van der Waals surface area contributed by atoms with E-state index in [4.69, 9.17) is 16.7 Å².